The van der Waals surface area contributed by atoms with Crippen molar-refractivity contribution >= 4 is 46.4 Å². The molecule has 154 valence electrons. The molecule has 0 N–H and O–H groups in total. The third kappa shape index (κ3) is 1.48. The zero-order valence-corrected chi connectivity index (χ0v) is 18.7. The minimum absolute atomic E-state index is 0.225. The molecule has 0 fully saturated rings. The third-order valence-electron chi connectivity index (χ3n) is 8.16. The van der Waals surface area contributed by atoms with Crippen molar-refractivity contribution in [1.29, 1.82) is 0 Å². The molecule has 0 saturated carbocycles. The van der Waals surface area contributed by atoms with E-state index in [0.29, 0.717) is 4.70 Å². The summed E-state index contributed by atoms with van der Waals surface area (Å²) in [5.74, 6) is 1.88. The van der Waals surface area contributed by atoms with Crippen molar-refractivity contribution in [3.63, 3.8) is 0 Å². The van der Waals surface area contributed by atoms with Crippen LogP contribution in [-0.4, -0.2) is 6.71 Å². The Morgan fingerprint density at radius 3 is 2.47 bits per heavy atom. The van der Waals surface area contributed by atoms with E-state index >= 15 is 0 Å². The lowest BCUT2D eigenvalue weighted by molar-refractivity contribution is -1.03. The molecule has 1 spiro atoms. The zero-order valence-electron chi connectivity index (χ0n) is 17.9. The first kappa shape index (κ1) is 16.7. The maximum atomic E-state index is 6.68. The highest BCUT2D eigenvalue weighted by molar-refractivity contribution is 8.00. The van der Waals surface area contributed by atoms with Crippen LogP contribution in [0, 0.1) is 0 Å². The molecule has 10 rings (SSSR count). The van der Waals surface area contributed by atoms with E-state index in [2.05, 4.69) is 101 Å². The summed E-state index contributed by atoms with van der Waals surface area (Å²) in [6.07, 6.45) is 4.50. The molecule has 0 saturated heterocycles. The largest absolute Gasteiger partial charge is 0.444 e. The molecule has 1 unspecified atom stereocenters. The van der Waals surface area contributed by atoms with Crippen molar-refractivity contribution in [3.05, 3.63) is 91.3 Å². The number of benzene rings is 3. The Hall–Kier alpha value is -3.87. The lowest BCUT2D eigenvalue weighted by Crippen LogP contribution is -2.92. The molecule has 3 aromatic carbocycles. The van der Waals surface area contributed by atoms with Gasteiger partial charge in [0.2, 0.25) is 29.5 Å². The Balaban J connectivity index is 1.52. The fraction of sp³-hybridized carbons (Fsp3) is 0. The average molecular weight is 452 g/mol. The van der Waals surface area contributed by atoms with E-state index in [9.17, 15) is 0 Å². The summed E-state index contributed by atoms with van der Waals surface area (Å²) in [6, 6.07) is 28.7. The quantitative estimate of drug-likeness (QED) is 0.200. The maximum Gasteiger partial charge on any atom is 0.345 e. The topological polar surface area (TPSA) is 17.0 Å². The normalized spacial score (nSPS) is 19.4. The molecule has 4 nitrogen and oxygen atoms in total. The molecule has 1 atom stereocenters. The molecule has 34 heavy (non-hydrogen) atoms. The summed E-state index contributed by atoms with van der Waals surface area (Å²) in [7, 11) is 0. The predicted octanol–water partition coefficient (Wildman–Crippen LogP) is 3.19. The first-order valence-corrected chi connectivity index (χ1v) is 12.5. The number of fused-ring (bicyclic) bond motifs is 3. The number of quaternary nitrogens is 1. The number of ether oxygens (including phenoxy) is 1. The third-order valence-corrected chi connectivity index (χ3v) is 9.31. The molecule has 0 radical (unpaired) electrons. The Bertz CT molecular complexity index is 1850. The van der Waals surface area contributed by atoms with Crippen molar-refractivity contribution in [2.75, 3.05) is 0 Å². The van der Waals surface area contributed by atoms with Gasteiger partial charge < -0.3 is 4.74 Å². The van der Waals surface area contributed by atoms with Gasteiger partial charge in [0.1, 0.15) is 5.56 Å². The fourth-order valence-corrected chi connectivity index (χ4v) is 8.30. The van der Waals surface area contributed by atoms with E-state index in [1.54, 1.807) is 0 Å². The van der Waals surface area contributed by atoms with Crippen LogP contribution >= 0.6 is 11.8 Å². The van der Waals surface area contributed by atoms with Gasteiger partial charge in [0.15, 0.2) is 4.70 Å². The molecule has 5 aliphatic heterocycles. The number of nitrogens with zero attached hydrogens (tertiary/aromatic N) is 3. The van der Waals surface area contributed by atoms with Crippen LogP contribution in [0.2, 0.25) is 0 Å². The second kappa shape index (κ2) is 5.12. The summed E-state index contributed by atoms with van der Waals surface area (Å²) in [6.45, 7) is 0.225. The molecule has 6 heteroatoms. The minimum Gasteiger partial charge on any atom is -0.444 e. The fourth-order valence-electron chi connectivity index (χ4n) is 7.12. The van der Waals surface area contributed by atoms with E-state index in [1.807, 2.05) is 11.8 Å². The Kier molecular flexibility index (Phi) is 2.51. The van der Waals surface area contributed by atoms with Gasteiger partial charge in [0, 0.05) is 43.7 Å². The number of rotatable bonds is 0. The van der Waals surface area contributed by atoms with Crippen molar-refractivity contribution < 1.29 is 14.1 Å². The number of aromatic nitrogens is 2. The molecule has 7 heterocycles. The SMILES string of the molecule is c1cc2c3c(c1)-c1ccc[n+]4c1B3c1c(ccc3c1[N+]41c4c(cccc4-c4cccc[n+]41)O3)S2. The van der Waals surface area contributed by atoms with Crippen molar-refractivity contribution in [2.45, 2.75) is 9.79 Å². The predicted molar refractivity (Wildman–Crippen MR) is 132 cm³/mol. The van der Waals surface area contributed by atoms with Gasteiger partial charge in [0.05, 0.1) is 4.68 Å². The number of hydrogen-bond donors (Lipinski definition) is 0. The number of hydrogen-bond acceptors (Lipinski definition) is 2. The second-order valence-corrected chi connectivity index (χ2v) is 10.6. The van der Waals surface area contributed by atoms with Gasteiger partial charge in [-0.3, -0.25) is 0 Å². The Morgan fingerprint density at radius 2 is 1.47 bits per heavy atom. The molecule has 0 bridgehead atoms. The van der Waals surface area contributed by atoms with Crippen LogP contribution < -0.4 is 35.3 Å². The van der Waals surface area contributed by atoms with Gasteiger partial charge in [-0.05, 0) is 53.5 Å². The van der Waals surface area contributed by atoms with E-state index < -0.39 is 0 Å². The standard InChI is InChI=1S/C28H15BN3OS/c1-2-14-30-19(9-1)18-7-3-10-20-26(18)32(30)27-21(33-20)12-13-23-25(27)29-24-16(6-4-11-22(24)34-23)17-8-5-15-31(32)28(17)29/h1-15H/q+3. The Labute approximate surface area is 199 Å². The lowest BCUT2D eigenvalue weighted by atomic mass is 9.39. The summed E-state index contributed by atoms with van der Waals surface area (Å²) in [5.41, 5.74) is 11.8. The van der Waals surface area contributed by atoms with Crippen LogP contribution in [0.25, 0.3) is 22.4 Å². The molecule has 5 aliphatic rings. The first-order chi connectivity index (χ1) is 16.9. The van der Waals surface area contributed by atoms with Crippen LogP contribution in [-0.2, 0) is 0 Å². The molecule has 0 aliphatic carbocycles. The van der Waals surface area contributed by atoms with E-state index in [-0.39, 0.29) is 6.71 Å². The molecule has 5 aromatic rings. The van der Waals surface area contributed by atoms with Crippen LogP contribution in [0.3, 0.4) is 0 Å². The van der Waals surface area contributed by atoms with Gasteiger partial charge >= 0.3 is 18.1 Å². The van der Waals surface area contributed by atoms with Crippen LogP contribution in [0.4, 0.5) is 11.4 Å². The Morgan fingerprint density at radius 1 is 0.647 bits per heavy atom. The van der Waals surface area contributed by atoms with E-state index in [0.717, 1.165) is 11.5 Å². The highest BCUT2D eigenvalue weighted by Crippen LogP contribution is 2.57. The van der Waals surface area contributed by atoms with E-state index in [1.165, 1.54) is 60.1 Å². The van der Waals surface area contributed by atoms with Gasteiger partial charge in [-0.15, -0.1) is 0 Å². The summed E-state index contributed by atoms with van der Waals surface area (Å²) in [5, 5.41) is 0. The van der Waals surface area contributed by atoms with Crippen molar-refractivity contribution in [3.8, 4) is 33.9 Å². The van der Waals surface area contributed by atoms with Gasteiger partial charge in [-0.2, -0.15) is 0 Å². The summed E-state index contributed by atoms with van der Waals surface area (Å²) >= 11 is 1.90. The van der Waals surface area contributed by atoms with Crippen molar-refractivity contribution in [2.24, 2.45) is 0 Å². The van der Waals surface area contributed by atoms with Crippen LogP contribution in [0.5, 0.6) is 11.5 Å². The second-order valence-electron chi connectivity index (χ2n) is 9.51. The molecular weight excluding hydrogens is 437 g/mol. The van der Waals surface area contributed by atoms with Gasteiger partial charge in [-0.25, -0.2) is 0 Å². The zero-order chi connectivity index (χ0) is 21.8. The van der Waals surface area contributed by atoms with Gasteiger partial charge in [-0.1, -0.05) is 30.0 Å². The molecule has 2 aromatic heterocycles. The minimum atomic E-state index is 0.225. The summed E-state index contributed by atoms with van der Waals surface area (Å²) in [4.78, 5) is 2.71. The van der Waals surface area contributed by atoms with Crippen LogP contribution in [0.15, 0.2) is 101 Å². The van der Waals surface area contributed by atoms with Crippen LogP contribution in [0.1, 0.15) is 0 Å². The molecule has 0 amide bonds. The number of pyridine rings is 2. The van der Waals surface area contributed by atoms with E-state index in [4.69, 9.17) is 4.74 Å². The smallest absolute Gasteiger partial charge is 0.345 e. The van der Waals surface area contributed by atoms with Gasteiger partial charge in [0.25, 0.3) is 5.69 Å². The maximum absolute atomic E-state index is 6.68. The first-order valence-electron chi connectivity index (χ1n) is 11.6. The van der Waals surface area contributed by atoms with Crippen molar-refractivity contribution in [1.82, 2.24) is 4.70 Å². The highest BCUT2D eigenvalue weighted by atomic mass is 32.2. The monoisotopic (exact) mass is 452 g/mol. The summed E-state index contributed by atoms with van der Waals surface area (Å²) < 4.78 is 12.1. The highest BCUT2D eigenvalue weighted by Gasteiger charge is 2.74. The average Bonchev–Trinajstić information content (AvgIpc) is 3.38. The lowest BCUT2D eigenvalue weighted by Gasteiger charge is -2.34. The molecular formula is C28H15BN3OS+3. The number of para-hydroxylation sites is 1.